The van der Waals surface area contributed by atoms with Gasteiger partial charge in [-0.2, -0.15) is 0 Å². The van der Waals surface area contributed by atoms with Crippen LogP contribution in [0.15, 0.2) is 158 Å². The highest BCUT2D eigenvalue weighted by atomic mass is 15.0. The van der Waals surface area contributed by atoms with Gasteiger partial charge in [0.05, 0.1) is 22.1 Å². The van der Waals surface area contributed by atoms with E-state index in [9.17, 15) is 0 Å². The van der Waals surface area contributed by atoms with Crippen molar-refractivity contribution in [2.24, 2.45) is 0 Å². The minimum absolute atomic E-state index is 0.117. The lowest BCUT2D eigenvalue weighted by Crippen LogP contribution is -2.33. The quantitative estimate of drug-likeness (QED) is 0.174. The lowest BCUT2D eigenvalue weighted by atomic mass is 9.63. The summed E-state index contributed by atoms with van der Waals surface area (Å²) in [5.41, 5.74) is 13.0. The van der Waals surface area contributed by atoms with Gasteiger partial charge in [0.25, 0.3) is 0 Å². The standard InChI is InChI=1S/C52H42N2/c1-51(2)26-27-52(3,4)45-31-47-42(30-44(45)51)41-29-43-49(32-48(41)54(47)38-15-6-5-7-16-38)53(46-25-22-35-13-10-11-17-40(35)50(43)46)39-23-20-34(21-24-39)37-19-18-33-12-8-9-14-36(33)28-37/h5-25,28-32H,26-27H2,1-4H3. The Bertz CT molecular complexity index is 3130. The zero-order chi connectivity index (χ0) is 36.3. The molecule has 0 fully saturated rings. The highest BCUT2D eigenvalue weighted by Gasteiger charge is 2.38. The molecule has 0 amide bonds. The molecule has 0 spiro atoms. The first-order valence-electron chi connectivity index (χ1n) is 19.4. The molecule has 54 heavy (non-hydrogen) atoms. The summed E-state index contributed by atoms with van der Waals surface area (Å²) in [6.45, 7) is 9.74. The highest BCUT2D eigenvalue weighted by molar-refractivity contribution is 6.25. The molecule has 0 radical (unpaired) electrons. The highest BCUT2D eigenvalue weighted by Crippen LogP contribution is 2.49. The smallest absolute Gasteiger partial charge is 0.0562 e. The molecule has 11 rings (SSSR count). The van der Waals surface area contributed by atoms with Gasteiger partial charge in [0, 0.05) is 32.9 Å². The number of hydrogen-bond acceptors (Lipinski definition) is 0. The third-order valence-corrected chi connectivity index (χ3v) is 12.7. The van der Waals surface area contributed by atoms with Crippen molar-refractivity contribution in [1.82, 2.24) is 9.13 Å². The zero-order valence-corrected chi connectivity index (χ0v) is 31.3. The first-order valence-corrected chi connectivity index (χ1v) is 19.4. The van der Waals surface area contributed by atoms with Crippen LogP contribution in [0, 0.1) is 0 Å². The van der Waals surface area contributed by atoms with Crippen molar-refractivity contribution in [3.05, 3.63) is 169 Å². The summed E-state index contributed by atoms with van der Waals surface area (Å²) in [5.74, 6) is 0. The number of para-hydroxylation sites is 1. The topological polar surface area (TPSA) is 9.86 Å². The first kappa shape index (κ1) is 31.4. The van der Waals surface area contributed by atoms with Crippen LogP contribution in [0.25, 0.3) is 87.7 Å². The number of benzene rings is 8. The van der Waals surface area contributed by atoms with Crippen LogP contribution in [0.4, 0.5) is 0 Å². The van der Waals surface area contributed by atoms with Crippen LogP contribution in [-0.2, 0) is 10.8 Å². The molecule has 2 aromatic heterocycles. The Morgan fingerprint density at radius 3 is 1.70 bits per heavy atom. The Morgan fingerprint density at radius 2 is 0.926 bits per heavy atom. The summed E-state index contributed by atoms with van der Waals surface area (Å²) in [6.07, 6.45) is 2.38. The molecule has 0 N–H and O–H groups in total. The van der Waals surface area contributed by atoms with E-state index in [4.69, 9.17) is 0 Å². The lowest BCUT2D eigenvalue weighted by Gasteiger charge is -2.42. The Hall–Kier alpha value is -6.12. The number of rotatable bonds is 3. The van der Waals surface area contributed by atoms with E-state index in [1.807, 2.05) is 0 Å². The average Bonchev–Trinajstić information content (AvgIpc) is 3.70. The molecule has 8 aromatic carbocycles. The zero-order valence-electron chi connectivity index (χ0n) is 31.3. The summed E-state index contributed by atoms with van der Waals surface area (Å²) >= 11 is 0. The fraction of sp³-hybridized carbons (Fsp3) is 0.154. The molecule has 0 aliphatic heterocycles. The number of hydrogen-bond donors (Lipinski definition) is 0. The van der Waals surface area contributed by atoms with Crippen LogP contribution in [0.2, 0.25) is 0 Å². The van der Waals surface area contributed by atoms with Gasteiger partial charge in [-0.05, 0) is 128 Å². The van der Waals surface area contributed by atoms with Crippen molar-refractivity contribution in [2.75, 3.05) is 0 Å². The van der Waals surface area contributed by atoms with Crippen molar-refractivity contribution in [3.8, 4) is 22.5 Å². The third-order valence-electron chi connectivity index (χ3n) is 12.7. The van der Waals surface area contributed by atoms with Crippen molar-refractivity contribution in [2.45, 2.75) is 51.4 Å². The molecule has 0 saturated heterocycles. The maximum Gasteiger partial charge on any atom is 0.0562 e. The SMILES string of the molecule is CC1(C)CCC(C)(C)c2cc3c(cc21)c1cc2c4c5ccccc5ccc4n(-c4ccc(-c5ccc6ccccc6c5)cc4)c2cc1n3-c1ccccc1. The molecular weight excluding hydrogens is 653 g/mol. The summed E-state index contributed by atoms with van der Waals surface area (Å²) < 4.78 is 5.01. The van der Waals surface area contributed by atoms with Gasteiger partial charge in [0.2, 0.25) is 0 Å². The number of fused-ring (bicyclic) bond motifs is 10. The second-order valence-electron chi connectivity index (χ2n) is 16.9. The maximum atomic E-state index is 2.56. The van der Waals surface area contributed by atoms with Crippen LogP contribution in [0.1, 0.15) is 51.7 Å². The molecule has 2 nitrogen and oxygen atoms in total. The molecule has 1 aliphatic rings. The largest absolute Gasteiger partial charge is 0.309 e. The predicted octanol–water partition coefficient (Wildman–Crippen LogP) is 14.2. The van der Waals surface area contributed by atoms with Crippen LogP contribution in [0.3, 0.4) is 0 Å². The third kappa shape index (κ3) is 4.53. The van der Waals surface area contributed by atoms with Crippen LogP contribution < -0.4 is 0 Å². The summed E-state index contributed by atoms with van der Waals surface area (Å²) in [5, 5.41) is 10.3. The van der Waals surface area contributed by atoms with E-state index < -0.39 is 0 Å². The second-order valence-corrected chi connectivity index (χ2v) is 16.9. The van der Waals surface area contributed by atoms with Gasteiger partial charge >= 0.3 is 0 Å². The van der Waals surface area contributed by atoms with Crippen LogP contribution in [0.5, 0.6) is 0 Å². The van der Waals surface area contributed by atoms with Gasteiger partial charge in [-0.1, -0.05) is 125 Å². The monoisotopic (exact) mass is 694 g/mol. The minimum Gasteiger partial charge on any atom is -0.309 e. The molecule has 0 saturated carbocycles. The van der Waals surface area contributed by atoms with Gasteiger partial charge in [-0.25, -0.2) is 0 Å². The predicted molar refractivity (Wildman–Crippen MR) is 231 cm³/mol. The molecule has 0 atom stereocenters. The van der Waals surface area contributed by atoms with E-state index in [1.165, 1.54) is 106 Å². The maximum absolute atomic E-state index is 2.56. The van der Waals surface area contributed by atoms with Gasteiger partial charge < -0.3 is 9.13 Å². The van der Waals surface area contributed by atoms with E-state index in [-0.39, 0.29) is 10.8 Å². The molecule has 2 heterocycles. The molecule has 1 aliphatic carbocycles. The Kier molecular flexibility index (Phi) is 6.51. The van der Waals surface area contributed by atoms with E-state index in [1.54, 1.807) is 0 Å². The van der Waals surface area contributed by atoms with Crippen LogP contribution >= 0.6 is 0 Å². The summed E-state index contributed by atoms with van der Waals surface area (Å²) in [4.78, 5) is 0. The normalized spacial score (nSPS) is 15.2. The molecule has 0 bridgehead atoms. The van der Waals surface area contributed by atoms with Crippen LogP contribution in [-0.4, -0.2) is 9.13 Å². The van der Waals surface area contributed by atoms with Gasteiger partial charge in [0.15, 0.2) is 0 Å². The summed E-state index contributed by atoms with van der Waals surface area (Å²) in [7, 11) is 0. The van der Waals surface area contributed by atoms with E-state index in [0.29, 0.717) is 0 Å². The minimum atomic E-state index is 0.117. The first-order chi connectivity index (χ1) is 26.2. The average molecular weight is 695 g/mol. The second kappa shape index (κ2) is 11.2. The van der Waals surface area contributed by atoms with Gasteiger partial charge in [-0.3, -0.25) is 0 Å². The number of nitrogens with zero attached hydrogens (tertiary/aromatic N) is 2. The van der Waals surface area contributed by atoms with Crippen molar-refractivity contribution in [3.63, 3.8) is 0 Å². The molecule has 0 unspecified atom stereocenters. The Morgan fingerprint density at radius 1 is 0.370 bits per heavy atom. The lowest BCUT2D eigenvalue weighted by molar-refractivity contribution is 0.332. The number of aromatic nitrogens is 2. The van der Waals surface area contributed by atoms with Crippen molar-refractivity contribution in [1.29, 1.82) is 0 Å². The fourth-order valence-corrected chi connectivity index (χ4v) is 9.66. The molecular formula is C52H42N2. The summed E-state index contributed by atoms with van der Waals surface area (Å²) in [6, 6.07) is 59.0. The van der Waals surface area contributed by atoms with E-state index in [0.717, 1.165) is 5.69 Å². The van der Waals surface area contributed by atoms with Crippen molar-refractivity contribution < 1.29 is 0 Å². The molecule has 260 valence electrons. The molecule has 10 aromatic rings. The Labute approximate surface area is 315 Å². The van der Waals surface area contributed by atoms with Gasteiger partial charge in [0.1, 0.15) is 0 Å². The Balaban J connectivity index is 1.23. The fourth-order valence-electron chi connectivity index (χ4n) is 9.66. The van der Waals surface area contributed by atoms with Gasteiger partial charge in [-0.15, -0.1) is 0 Å². The van der Waals surface area contributed by atoms with Crippen molar-refractivity contribution >= 4 is 65.2 Å². The van der Waals surface area contributed by atoms with E-state index in [2.05, 4.69) is 195 Å². The molecule has 2 heteroatoms. The van der Waals surface area contributed by atoms with E-state index >= 15 is 0 Å².